The molecule has 3 aromatic rings. The average molecular weight is 380 g/mol. The first-order valence-electron chi connectivity index (χ1n) is 7.54. The Kier molecular flexibility index (Phi) is 6.45. The second kappa shape index (κ2) is 9.00. The van der Waals surface area contributed by atoms with Crippen LogP contribution in [0.5, 0.6) is 0 Å². The van der Waals surface area contributed by atoms with Crippen molar-refractivity contribution < 1.29 is 9.32 Å². The van der Waals surface area contributed by atoms with E-state index >= 15 is 0 Å². The van der Waals surface area contributed by atoms with Crippen LogP contribution in [-0.2, 0) is 17.0 Å². The molecule has 0 bridgehead atoms. The van der Waals surface area contributed by atoms with E-state index in [2.05, 4.69) is 33.0 Å². The number of thioether (sulfide) groups is 1. The Morgan fingerprint density at radius 3 is 2.92 bits per heavy atom. The number of hydrogen-bond acceptors (Lipinski definition) is 7. The highest BCUT2D eigenvalue weighted by molar-refractivity contribution is 7.98. The monoisotopic (exact) mass is 379 g/mol. The summed E-state index contributed by atoms with van der Waals surface area (Å²) in [6, 6.07) is 8.08. The van der Waals surface area contributed by atoms with Gasteiger partial charge in [0.2, 0.25) is 17.6 Å². The molecular weight excluding hydrogens is 362 g/mol. The first kappa shape index (κ1) is 17.2. The lowest BCUT2D eigenvalue weighted by Crippen LogP contribution is -2.25. The third-order valence-corrected chi connectivity index (χ3v) is 6.10. The number of hydrogen-bond donors (Lipinski definition) is 1. The van der Waals surface area contributed by atoms with Gasteiger partial charge in [-0.25, -0.2) is 0 Å². The van der Waals surface area contributed by atoms with Crippen LogP contribution in [0.15, 0.2) is 39.5 Å². The molecule has 3 heterocycles. The molecule has 24 heavy (non-hydrogen) atoms. The van der Waals surface area contributed by atoms with E-state index in [4.69, 9.17) is 4.52 Å². The lowest BCUT2D eigenvalue weighted by atomic mass is 10.3. The molecule has 0 spiro atoms. The Hall–Kier alpha value is -1.64. The van der Waals surface area contributed by atoms with Gasteiger partial charge in [-0.15, -0.1) is 22.7 Å². The van der Waals surface area contributed by atoms with Gasteiger partial charge < -0.3 is 9.84 Å². The van der Waals surface area contributed by atoms with Gasteiger partial charge in [0.1, 0.15) is 0 Å². The van der Waals surface area contributed by atoms with Gasteiger partial charge in [0, 0.05) is 35.8 Å². The zero-order valence-electron chi connectivity index (χ0n) is 12.9. The van der Waals surface area contributed by atoms with Crippen molar-refractivity contribution in [2.75, 3.05) is 12.3 Å². The molecule has 0 aromatic carbocycles. The van der Waals surface area contributed by atoms with Gasteiger partial charge in [-0.3, -0.25) is 4.79 Å². The summed E-state index contributed by atoms with van der Waals surface area (Å²) in [5, 5.41) is 10.9. The second-order valence-electron chi connectivity index (χ2n) is 4.97. The van der Waals surface area contributed by atoms with E-state index in [0.29, 0.717) is 31.1 Å². The Labute approximate surface area is 152 Å². The minimum atomic E-state index is 0.0163. The summed E-state index contributed by atoms with van der Waals surface area (Å²) < 4.78 is 5.19. The number of nitrogens with zero attached hydrogens (tertiary/aromatic N) is 2. The normalized spacial score (nSPS) is 10.8. The van der Waals surface area contributed by atoms with Crippen molar-refractivity contribution in [1.29, 1.82) is 0 Å². The largest absolute Gasteiger partial charge is 0.355 e. The number of amides is 1. The highest BCUT2D eigenvalue weighted by Crippen LogP contribution is 2.21. The summed E-state index contributed by atoms with van der Waals surface area (Å²) >= 11 is 5.15. The summed E-state index contributed by atoms with van der Waals surface area (Å²) in [5.41, 5.74) is 0. The highest BCUT2D eigenvalue weighted by Gasteiger charge is 2.11. The summed E-state index contributed by atoms with van der Waals surface area (Å²) in [6.07, 6.45) is 0.828. The highest BCUT2D eigenvalue weighted by atomic mass is 32.2. The molecule has 0 saturated carbocycles. The van der Waals surface area contributed by atoms with Crippen LogP contribution in [0.4, 0.5) is 0 Å². The molecule has 5 nitrogen and oxygen atoms in total. The number of nitrogens with one attached hydrogen (secondary N) is 1. The van der Waals surface area contributed by atoms with Gasteiger partial charge in [0.05, 0.1) is 4.88 Å². The molecule has 3 aromatic heterocycles. The van der Waals surface area contributed by atoms with Crippen molar-refractivity contribution in [3.63, 3.8) is 0 Å². The quantitative estimate of drug-likeness (QED) is 0.572. The van der Waals surface area contributed by atoms with Crippen LogP contribution < -0.4 is 5.32 Å². The number of carbonyl (C=O) groups is 1. The predicted octanol–water partition coefficient (Wildman–Crippen LogP) is 3.84. The van der Waals surface area contributed by atoms with Gasteiger partial charge >= 0.3 is 0 Å². The number of thiophene rings is 2. The molecule has 1 N–H and O–H groups in total. The Bertz CT molecular complexity index is 739. The zero-order chi connectivity index (χ0) is 16.6. The van der Waals surface area contributed by atoms with Gasteiger partial charge in [-0.1, -0.05) is 17.3 Å². The summed E-state index contributed by atoms with van der Waals surface area (Å²) in [5.74, 6) is 3.02. The molecule has 0 aliphatic carbocycles. The van der Waals surface area contributed by atoms with Crippen LogP contribution in [0.3, 0.4) is 0 Å². The minimum Gasteiger partial charge on any atom is -0.355 e. The summed E-state index contributed by atoms with van der Waals surface area (Å²) in [7, 11) is 0. The molecule has 3 rings (SSSR count). The van der Waals surface area contributed by atoms with E-state index in [1.165, 1.54) is 4.88 Å². The maximum Gasteiger partial charge on any atom is 0.227 e. The fourth-order valence-corrected chi connectivity index (χ4v) is 4.35. The van der Waals surface area contributed by atoms with Crippen LogP contribution in [0.1, 0.15) is 17.2 Å². The van der Waals surface area contributed by atoms with Crippen molar-refractivity contribution in [3.8, 4) is 10.7 Å². The maximum absolute atomic E-state index is 11.8. The number of aromatic nitrogens is 2. The SMILES string of the molecule is O=C(CCc1nc(-c2cccs2)no1)NCCSCc1cccs1. The second-order valence-corrected chi connectivity index (χ2v) is 8.06. The average Bonchev–Trinajstić information content (AvgIpc) is 3.33. The van der Waals surface area contributed by atoms with Crippen LogP contribution in [0.2, 0.25) is 0 Å². The third kappa shape index (κ3) is 5.19. The number of carbonyl (C=O) groups excluding carboxylic acids is 1. The van der Waals surface area contributed by atoms with E-state index in [1.54, 1.807) is 22.7 Å². The van der Waals surface area contributed by atoms with Gasteiger partial charge in [-0.2, -0.15) is 16.7 Å². The minimum absolute atomic E-state index is 0.0163. The van der Waals surface area contributed by atoms with E-state index in [9.17, 15) is 4.79 Å². The molecule has 0 unspecified atom stereocenters. The van der Waals surface area contributed by atoms with Crippen molar-refractivity contribution in [3.05, 3.63) is 45.8 Å². The molecule has 0 radical (unpaired) electrons. The Morgan fingerprint density at radius 2 is 2.12 bits per heavy atom. The number of aryl methyl sites for hydroxylation is 1. The maximum atomic E-state index is 11.8. The van der Waals surface area contributed by atoms with Crippen LogP contribution in [0.25, 0.3) is 10.7 Å². The van der Waals surface area contributed by atoms with E-state index in [1.807, 2.05) is 29.3 Å². The third-order valence-electron chi connectivity index (χ3n) is 3.17. The van der Waals surface area contributed by atoms with Gasteiger partial charge in [0.25, 0.3) is 0 Å². The molecule has 0 atom stereocenters. The molecule has 1 amide bonds. The first-order chi connectivity index (χ1) is 11.8. The molecule has 0 saturated heterocycles. The van der Waals surface area contributed by atoms with Gasteiger partial charge in [-0.05, 0) is 22.9 Å². The summed E-state index contributed by atoms with van der Waals surface area (Å²) in [6.45, 7) is 0.680. The molecular formula is C16H17N3O2S3. The van der Waals surface area contributed by atoms with Crippen LogP contribution in [0, 0.1) is 0 Å². The lowest BCUT2D eigenvalue weighted by molar-refractivity contribution is -0.121. The van der Waals surface area contributed by atoms with E-state index in [-0.39, 0.29) is 5.91 Å². The van der Waals surface area contributed by atoms with Crippen molar-refractivity contribution in [1.82, 2.24) is 15.5 Å². The molecule has 0 aliphatic rings. The molecule has 0 fully saturated rings. The zero-order valence-corrected chi connectivity index (χ0v) is 15.4. The van der Waals surface area contributed by atoms with Crippen LogP contribution >= 0.6 is 34.4 Å². The fraction of sp³-hybridized carbons (Fsp3) is 0.312. The van der Waals surface area contributed by atoms with Crippen molar-refractivity contribution in [2.24, 2.45) is 0 Å². The molecule has 126 valence electrons. The van der Waals surface area contributed by atoms with Gasteiger partial charge in [0.15, 0.2) is 0 Å². The van der Waals surface area contributed by atoms with Crippen LogP contribution in [-0.4, -0.2) is 28.3 Å². The topological polar surface area (TPSA) is 68.0 Å². The predicted molar refractivity (Wildman–Crippen MR) is 99.4 cm³/mol. The fourth-order valence-electron chi connectivity index (χ4n) is 2.00. The molecule has 8 heteroatoms. The first-order valence-corrected chi connectivity index (χ1v) is 10.5. The van der Waals surface area contributed by atoms with E-state index in [0.717, 1.165) is 16.4 Å². The Balaban J connectivity index is 1.31. The van der Waals surface area contributed by atoms with Crippen molar-refractivity contribution in [2.45, 2.75) is 18.6 Å². The van der Waals surface area contributed by atoms with E-state index < -0.39 is 0 Å². The number of rotatable bonds is 9. The molecule has 0 aliphatic heterocycles. The van der Waals surface area contributed by atoms with Crippen molar-refractivity contribution >= 4 is 40.3 Å². The smallest absolute Gasteiger partial charge is 0.227 e. The summed E-state index contributed by atoms with van der Waals surface area (Å²) in [4.78, 5) is 18.5. The standard InChI is InChI=1S/C16H17N3O2S3/c20-14(17-7-10-22-11-12-3-1-8-23-12)5-6-15-18-16(19-21-15)13-4-2-9-24-13/h1-4,8-9H,5-7,10-11H2,(H,17,20). The lowest BCUT2D eigenvalue weighted by Gasteiger charge is -2.03. The Morgan fingerprint density at radius 1 is 1.25 bits per heavy atom.